The Labute approximate surface area is 203 Å². The van der Waals surface area contributed by atoms with Crippen LogP contribution in [0, 0.1) is 12.7 Å². The molecule has 2 N–H and O–H groups in total. The lowest BCUT2D eigenvalue weighted by molar-refractivity contribution is 0.239. The molecular weight excluding hydrogens is 475 g/mol. The van der Waals surface area contributed by atoms with Gasteiger partial charge in [0.05, 0.1) is 46.8 Å². The van der Waals surface area contributed by atoms with Crippen molar-refractivity contribution in [3.8, 4) is 11.4 Å². The molecule has 13 heteroatoms. The Kier molecular flexibility index (Phi) is 5.87. The molecule has 0 saturated heterocycles. The van der Waals surface area contributed by atoms with Crippen molar-refractivity contribution in [2.45, 2.75) is 20.0 Å². The first-order valence-electron chi connectivity index (χ1n) is 10.6. The van der Waals surface area contributed by atoms with Crippen LogP contribution in [0.25, 0.3) is 22.4 Å². The van der Waals surface area contributed by atoms with Crippen molar-refractivity contribution in [1.82, 2.24) is 49.7 Å². The first kappa shape index (κ1) is 22.5. The van der Waals surface area contributed by atoms with Crippen LogP contribution in [0.1, 0.15) is 17.5 Å². The topological polar surface area (TPSA) is 120 Å². The van der Waals surface area contributed by atoms with E-state index in [4.69, 9.17) is 11.6 Å². The molecule has 0 aliphatic rings. The number of aryl methyl sites for hydroxylation is 2. The molecule has 0 saturated carbocycles. The molecule has 0 fully saturated rings. The third kappa shape index (κ3) is 4.55. The summed E-state index contributed by atoms with van der Waals surface area (Å²) < 4.78 is 18.9. The summed E-state index contributed by atoms with van der Waals surface area (Å²) in [5.74, 6) is 0.896. The third-order valence-electron chi connectivity index (χ3n) is 5.31. The number of urea groups is 1. The number of aromatic nitrogens is 8. The highest BCUT2D eigenvalue weighted by Crippen LogP contribution is 2.19. The average Bonchev–Trinajstić information content (AvgIpc) is 3.56. The molecule has 0 aliphatic carbocycles. The van der Waals surface area contributed by atoms with Gasteiger partial charge >= 0.3 is 6.03 Å². The van der Waals surface area contributed by atoms with E-state index in [0.29, 0.717) is 23.2 Å². The van der Waals surface area contributed by atoms with Crippen LogP contribution < -0.4 is 10.6 Å². The van der Waals surface area contributed by atoms with Crippen molar-refractivity contribution < 1.29 is 9.18 Å². The normalized spacial score (nSPS) is 11.2. The Morgan fingerprint density at radius 2 is 1.77 bits per heavy atom. The minimum absolute atomic E-state index is 0.0115. The first-order valence-corrected chi connectivity index (χ1v) is 11.0. The van der Waals surface area contributed by atoms with E-state index < -0.39 is 11.8 Å². The van der Waals surface area contributed by atoms with E-state index in [2.05, 4.69) is 35.8 Å². The summed E-state index contributed by atoms with van der Waals surface area (Å²) in [7, 11) is 1.93. The van der Waals surface area contributed by atoms with Gasteiger partial charge in [-0.1, -0.05) is 11.6 Å². The maximum atomic E-state index is 13.9. The largest absolute Gasteiger partial charge is 0.334 e. The van der Waals surface area contributed by atoms with Gasteiger partial charge in [0, 0.05) is 13.1 Å². The second-order valence-electron chi connectivity index (χ2n) is 7.74. The summed E-state index contributed by atoms with van der Waals surface area (Å²) in [5.41, 5.74) is 3.06. The van der Waals surface area contributed by atoms with Gasteiger partial charge in [0.1, 0.15) is 18.0 Å². The highest BCUT2D eigenvalue weighted by atomic mass is 35.5. The number of imidazole rings is 1. The van der Waals surface area contributed by atoms with Crippen LogP contribution in [0.3, 0.4) is 0 Å². The zero-order chi connectivity index (χ0) is 24.5. The van der Waals surface area contributed by atoms with Gasteiger partial charge in [-0.25, -0.2) is 33.5 Å². The van der Waals surface area contributed by atoms with E-state index in [9.17, 15) is 9.18 Å². The Balaban J connectivity index is 1.24. The summed E-state index contributed by atoms with van der Waals surface area (Å²) in [5, 5.41) is 14.1. The lowest BCUT2D eigenvalue weighted by atomic mass is 10.2. The van der Waals surface area contributed by atoms with Crippen LogP contribution in [0.4, 0.5) is 9.18 Å². The molecule has 3 aromatic heterocycles. The molecule has 0 unspecified atom stereocenters. The number of fused-ring (bicyclic) bond motifs is 1. The fraction of sp³-hybridized carbons (Fsp3) is 0.182. The van der Waals surface area contributed by atoms with Crippen molar-refractivity contribution >= 4 is 28.7 Å². The quantitative estimate of drug-likeness (QED) is 0.374. The van der Waals surface area contributed by atoms with E-state index in [0.717, 1.165) is 16.7 Å². The van der Waals surface area contributed by atoms with Gasteiger partial charge in [-0.2, -0.15) is 10.2 Å². The van der Waals surface area contributed by atoms with Crippen LogP contribution in [-0.2, 0) is 20.1 Å². The summed E-state index contributed by atoms with van der Waals surface area (Å²) in [6.07, 6.45) is 3.17. The molecular formula is C22H20ClFN10O. The number of carbonyl (C=O) groups is 1. The van der Waals surface area contributed by atoms with Gasteiger partial charge in [0.2, 0.25) is 0 Å². The SMILES string of the molecule is Cc1nc(CNC(=O)NCc2ncnn2-c2ccc3c(c2)ncn3C)n(-c2ccc(Cl)c(F)c2)n1. The van der Waals surface area contributed by atoms with Gasteiger partial charge in [0.15, 0.2) is 11.6 Å². The maximum absolute atomic E-state index is 13.9. The second-order valence-corrected chi connectivity index (χ2v) is 8.15. The highest BCUT2D eigenvalue weighted by Gasteiger charge is 2.14. The van der Waals surface area contributed by atoms with Gasteiger partial charge in [-0.15, -0.1) is 0 Å². The predicted octanol–water partition coefficient (Wildman–Crippen LogP) is 2.84. The number of hydrogen-bond donors (Lipinski definition) is 2. The smallest absolute Gasteiger partial charge is 0.315 e. The zero-order valence-electron chi connectivity index (χ0n) is 18.8. The molecule has 0 spiro atoms. The molecule has 0 radical (unpaired) electrons. The number of nitrogens with one attached hydrogen (secondary N) is 2. The monoisotopic (exact) mass is 494 g/mol. The van der Waals surface area contributed by atoms with E-state index >= 15 is 0 Å². The van der Waals surface area contributed by atoms with E-state index in [1.807, 2.05) is 29.8 Å². The highest BCUT2D eigenvalue weighted by molar-refractivity contribution is 6.30. The fourth-order valence-corrected chi connectivity index (χ4v) is 3.75. The van der Waals surface area contributed by atoms with Crippen molar-refractivity contribution in [2.24, 2.45) is 7.05 Å². The Bertz CT molecular complexity index is 1540. The van der Waals surface area contributed by atoms with Gasteiger partial charge in [-0.05, 0) is 37.3 Å². The standard InChI is InChI=1S/C22H20ClFN10O/c1-13-30-21(34(31-13)14-3-5-16(23)17(24)7-14)10-26-22(35)25-9-20-27-11-29-33(20)15-4-6-19-18(8-15)28-12-32(19)2/h3-8,11-12H,9-10H2,1-2H3,(H2,25,26,35). The molecule has 2 amide bonds. The Hall–Kier alpha value is -4.32. The second kappa shape index (κ2) is 9.14. The first-order chi connectivity index (χ1) is 16.9. The van der Waals surface area contributed by atoms with E-state index in [-0.39, 0.29) is 18.1 Å². The Morgan fingerprint density at radius 3 is 2.57 bits per heavy atom. The van der Waals surface area contributed by atoms with Crippen LogP contribution in [-0.4, -0.2) is 45.1 Å². The Morgan fingerprint density at radius 1 is 1.03 bits per heavy atom. The minimum atomic E-state index is -0.569. The van der Waals surface area contributed by atoms with Gasteiger partial charge in [-0.3, -0.25) is 0 Å². The number of rotatable bonds is 6. The van der Waals surface area contributed by atoms with Crippen molar-refractivity contribution in [3.63, 3.8) is 0 Å². The number of benzene rings is 2. The molecule has 0 bridgehead atoms. The number of hydrogen-bond acceptors (Lipinski definition) is 6. The molecule has 178 valence electrons. The lowest BCUT2D eigenvalue weighted by Crippen LogP contribution is -2.36. The van der Waals surface area contributed by atoms with Crippen molar-refractivity contribution in [1.29, 1.82) is 0 Å². The van der Waals surface area contributed by atoms with E-state index in [1.165, 1.54) is 23.1 Å². The summed E-state index contributed by atoms with van der Waals surface area (Å²) >= 11 is 5.77. The van der Waals surface area contributed by atoms with E-state index in [1.54, 1.807) is 24.0 Å². The van der Waals surface area contributed by atoms with Crippen LogP contribution in [0.5, 0.6) is 0 Å². The summed E-state index contributed by atoms with van der Waals surface area (Å²) in [6.45, 7) is 1.92. The molecule has 0 atom stereocenters. The predicted molar refractivity (Wildman–Crippen MR) is 126 cm³/mol. The van der Waals surface area contributed by atoms with Crippen molar-refractivity contribution in [3.05, 3.63) is 77.4 Å². The number of nitrogens with zero attached hydrogens (tertiary/aromatic N) is 8. The fourth-order valence-electron chi connectivity index (χ4n) is 3.64. The van der Waals surface area contributed by atoms with Gasteiger partial charge < -0.3 is 15.2 Å². The molecule has 3 heterocycles. The average molecular weight is 495 g/mol. The van der Waals surface area contributed by atoms with Crippen LogP contribution >= 0.6 is 11.6 Å². The lowest BCUT2D eigenvalue weighted by Gasteiger charge is -2.10. The molecule has 11 nitrogen and oxygen atoms in total. The third-order valence-corrected chi connectivity index (χ3v) is 5.62. The molecule has 5 aromatic rings. The van der Waals surface area contributed by atoms with Gasteiger partial charge in [0.25, 0.3) is 0 Å². The van der Waals surface area contributed by atoms with Crippen LogP contribution in [0.2, 0.25) is 5.02 Å². The molecule has 2 aromatic carbocycles. The molecule has 0 aliphatic heterocycles. The summed E-state index contributed by atoms with van der Waals surface area (Å²) in [6, 6.07) is 9.66. The number of amides is 2. The molecule has 35 heavy (non-hydrogen) atoms. The zero-order valence-corrected chi connectivity index (χ0v) is 19.5. The molecule has 5 rings (SSSR count). The summed E-state index contributed by atoms with van der Waals surface area (Å²) in [4.78, 5) is 25.4. The number of halogens is 2. The van der Waals surface area contributed by atoms with Crippen LogP contribution in [0.15, 0.2) is 49.1 Å². The number of carbonyl (C=O) groups excluding carboxylic acids is 1. The minimum Gasteiger partial charge on any atom is -0.334 e. The maximum Gasteiger partial charge on any atom is 0.315 e. The van der Waals surface area contributed by atoms with Crippen molar-refractivity contribution in [2.75, 3.05) is 0 Å².